The van der Waals surface area contributed by atoms with E-state index in [9.17, 15) is 57.1 Å². The van der Waals surface area contributed by atoms with E-state index in [4.69, 9.17) is 0 Å². The van der Waals surface area contributed by atoms with Crippen molar-refractivity contribution in [3.05, 3.63) is 58.2 Å². The van der Waals surface area contributed by atoms with Crippen LogP contribution in [0, 0.1) is 58.2 Å². The van der Waals surface area contributed by atoms with Crippen LogP contribution >= 0.6 is 0 Å². The fourth-order valence-corrected chi connectivity index (χ4v) is 2.96. The number of nitrogens with one attached hydrogen (secondary N) is 1. The Morgan fingerprint density at radius 3 is 1.03 bits per heavy atom. The fourth-order valence-electron chi connectivity index (χ4n) is 2.96. The Bertz CT molecular complexity index is 909. The number of hydrogen-bond acceptors (Lipinski definition) is 1. The van der Waals surface area contributed by atoms with E-state index in [0.29, 0.717) is 6.42 Å². The van der Waals surface area contributed by atoms with E-state index >= 15 is 0 Å². The molecule has 0 aromatic heterocycles. The second-order valence-electron chi connectivity index (χ2n) is 7.44. The van der Waals surface area contributed by atoms with E-state index in [2.05, 4.69) is 6.92 Å². The lowest BCUT2D eigenvalue weighted by Gasteiger charge is -2.11. The van der Waals surface area contributed by atoms with Crippen LogP contribution < -0.4 is 5.32 Å². The molecule has 0 saturated carbocycles. The quantitative estimate of drug-likeness (QED) is 0.109. The lowest BCUT2D eigenvalue weighted by molar-refractivity contribution is -0.156. The molecule has 1 nitrogen and oxygen atoms in total. The molecule has 0 saturated heterocycles. The number of hydrogen-bond donors (Lipinski definition) is 1. The lowest BCUT2D eigenvalue weighted by Crippen LogP contribution is -2.32. The first-order chi connectivity index (χ1) is 16.7. The largest absolute Gasteiger partial charge is 0.457 e. The standard InChI is InChI=1S/C12F10.C10H20F3N/c13-3-1(4(14)8(18)11(21)7(3)17)2-5(15)9(19)12(22)10(20)6(2)16;1-2-3-4-5-6-7-8-9-14-10(11,12)13/h;14H,2-9H2,1H3. The Kier molecular flexibility index (Phi) is 12.0. The molecule has 204 valence electrons. The molecule has 0 unspecified atom stereocenters. The van der Waals surface area contributed by atoms with Gasteiger partial charge in [-0.15, -0.1) is 0 Å². The molecule has 0 atom stereocenters. The summed E-state index contributed by atoms with van der Waals surface area (Å²) in [6.45, 7) is 2.20. The molecule has 2 aromatic carbocycles. The molecule has 2 rings (SSSR count). The fraction of sp³-hybridized carbons (Fsp3) is 0.455. The maximum absolute atomic E-state index is 13.4. The van der Waals surface area contributed by atoms with Gasteiger partial charge in [0.05, 0.1) is 11.1 Å². The summed E-state index contributed by atoms with van der Waals surface area (Å²) >= 11 is 0. The van der Waals surface area contributed by atoms with Crippen molar-refractivity contribution in [3.8, 4) is 11.1 Å². The molecule has 0 heterocycles. The van der Waals surface area contributed by atoms with E-state index in [0.717, 1.165) is 19.3 Å². The van der Waals surface area contributed by atoms with Gasteiger partial charge in [0.2, 0.25) is 11.6 Å². The second kappa shape index (κ2) is 13.7. The first-order valence-electron chi connectivity index (χ1n) is 10.5. The minimum Gasteiger partial charge on any atom is -0.228 e. The highest BCUT2D eigenvalue weighted by Gasteiger charge is 2.34. The predicted molar refractivity (Wildman–Crippen MR) is 104 cm³/mol. The molecule has 2 aromatic rings. The summed E-state index contributed by atoms with van der Waals surface area (Å²) in [5, 5.41) is 1.52. The maximum Gasteiger partial charge on any atom is 0.457 e. The molecule has 0 aliphatic heterocycles. The van der Waals surface area contributed by atoms with Crippen LogP contribution in [-0.2, 0) is 0 Å². The number of halogens is 13. The van der Waals surface area contributed by atoms with Crippen LogP contribution in [0.5, 0.6) is 0 Å². The number of unbranched alkanes of at least 4 members (excludes halogenated alkanes) is 6. The highest BCUT2D eigenvalue weighted by atomic mass is 19.4. The molecular formula is C22H20F13N. The normalized spacial score (nSPS) is 11.5. The van der Waals surface area contributed by atoms with Crippen molar-refractivity contribution in [2.45, 2.75) is 58.2 Å². The van der Waals surface area contributed by atoms with E-state index in [1.807, 2.05) is 0 Å². The highest BCUT2D eigenvalue weighted by Crippen LogP contribution is 2.37. The van der Waals surface area contributed by atoms with Crippen LogP contribution in [0.1, 0.15) is 51.9 Å². The Balaban J connectivity index is 0.000000402. The van der Waals surface area contributed by atoms with Gasteiger partial charge in [0.25, 0.3) is 0 Å². The lowest BCUT2D eigenvalue weighted by atomic mass is 10.0. The molecule has 0 bridgehead atoms. The number of alkyl halides is 3. The monoisotopic (exact) mass is 545 g/mol. The van der Waals surface area contributed by atoms with Gasteiger partial charge in [0.1, 0.15) is 0 Å². The topological polar surface area (TPSA) is 12.0 Å². The van der Waals surface area contributed by atoms with Crippen LogP contribution in [0.25, 0.3) is 11.1 Å². The SMILES string of the molecule is CCCCCCCCCNC(F)(F)F.Fc1c(F)c(F)c(-c2c(F)c(F)c(F)c(F)c2F)c(F)c1F. The van der Waals surface area contributed by atoms with Crippen molar-refractivity contribution in [1.82, 2.24) is 5.32 Å². The van der Waals surface area contributed by atoms with Crippen LogP contribution in [0.3, 0.4) is 0 Å². The minimum absolute atomic E-state index is 0.0529. The smallest absolute Gasteiger partial charge is 0.228 e. The zero-order valence-electron chi connectivity index (χ0n) is 18.6. The van der Waals surface area contributed by atoms with E-state index in [1.54, 1.807) is 0 Å². The number of benzene rings is 2. The Hall–Kier alpha value is -2.51. The van der Waals surface area contributed by atoms with Gasteiger partial charge in [-0.1, -0.05) is 45.4 Å². The van der Waals surface area contributed by atoms with Gasteiger partial charge in [-0.3, -0.25) is 0 Å². The van der Waals surface area contributed by atoms with Crippen LogP contribution in [0.2, 0.25) is 0 Å². The molecule has 14 heteroatoms. The van der Waals surface area contributed by atoms with Gasteiger partial charge in [-0.25, -0.2) is 49.2 Å². The summed E-state index contributed by atoms with van der Waals surface area (Å²) in [4.78, 5) is 0. The molecule has 0 radical (unpaired) electrons. The summed E-state index contributed by atoms with van der Waals surface area (Å²) < 4.78 is 166. The predicted octanol–water partition coefficient (Wildman–Crippen LogP) is 8.59. The average molecular weight is 545 g/mol. The molecule has 1 N–H and O–H groups in total. The Morgan fingerprint density at radius 2 is 0.722 bits per heavy atom. The van der Waals surface area contributed by atoms with Crippen LogP contribution in [0.4, 0.5) is 57.1 Å². The third kappa shape index (κ3) is 8.00. The van der Waals surface area contributed by atoms with Crippen molar-refractivity contribution in [1.29, 1.82) is 0 Å². The maximum atomic E-state index is 13.4. The molecular weight excluding hydrogens is 525 g/mol. The summed E-state index contributed by atoms with van der Waals surface area (Å²) in [5.74, 6) is -26.6. The summed E-state index contributed by atoms with van der Waals surface area (Å²) in [6, 6.07) is 0. The zero-order valence-corrected chi connectivity index (χ0v) is 18.6. The second-order valence-corrected chi connectivity index (χ2v) is 7.44. The van der Waals surface area contributed by atoms with Gasteiger partial charge < -0.3 is 0 Å². The van der Waals surface area contributed by atoms with Crippen LogP contribution in [-0.4, -0.2) is 12.8 Å². The van der Waals surface area contributed by atoms with Gasteiger partial charge in [0, 0.05) is 6.54 Å². The third-order valence-electron chi connectivity index (χ3n) is 4.78. The first-order valence-corrected chi connectivity index (χ1v) is 10.5. The van der Waals surface area contributed by atoms with Crippen molar-refractivity contribution in [2.24, 2.45) is 0 Å². The average Bonchev–Trinajstić information content (AvgIpc) is 2.82. The Labute approximate surface area is 197 Å². The molecule has 0 aliphatic carbocycles. The molecule has 36 heavy (non-hydrogen) atoms. The molecule has 0 aliphatic rings. The zero-order chi connectivity index (χ0) is 27.8. The summed E-state index contributed by atoms with van der Waals surface area (Å²) in [5.41, 5.74) is -4.52. The van der Waals surface area contributed by atoms with Gasteiger partial charge >= 0.3 is 6.30 Å². The van der Waals surface area contributed by atoms with Gasteiger partial charge in [0.15, 0.2) is 46.5 Å². The third-order valence-corrected chi connectivity index (χ3v) is 4.78. The molecule has 0 spiro atoms. The summed E-state index contributed by atoms with van der Waals surface area (Å²) in [7, 11) is 0. The van der Waals surface area contributed by atoms with Crippen molar-refractivity contribution in [2.75, 3.05) is 6.54 Å². The molecule has 0 amide bonds. The highest BCUT2D eigenvalue weighted by molar-refractivity contribution is 5.67. The minimum atomic E-state index is -4.21. The van der Waals surface area contributed by atoms with E-state index in [1.165, 1.54) is 24.6 Å². The van der Waals surface area contributed by atoms with Crippen LogP contribution in [0.15, 0.2) is 0 Å². The van der Waals surface area contributed by atoms with Gasteiger partial charge in [-0.2, -0.15) is 13.2 Å². The summed E-state index contributed by atoms with van der Waals surface area (Å²) in [6.07, 6.45) is 3.17. The first kappa shape index (κ1) is 31.5. The Morgan fingerprint density at radius 1 is 0.444 bits per heavy atom. The van der Waals surface area contributed by atoms with Crippen molar-refractivity contribution < 1.29 is 57.1 Å². The molecule has 0 fully saturated rings. The van der Waals surface area contributed by atoms with Gasteiger partial charge in [-0.05, 0) is 6.42 Å². The van der Waals surface area contributed by atoms with E-state index < -0.39 is 75.6 Å². The van der Waals surface area contributed by atoms with Crippen molar-refractivity contribution >= 4 is 0 Å². The number of rotatable bonds is 9. The van der Waals surface area contributed by atoms with Crippen molar-refractivity contribution in [3.63, 3.8) is 0 Å². The van der Waals surface area contributed by atoms with E-state index in [-0.39, 0.29) is 6.54 Å².